The monoisotopic (exact) mass is 489 g/mol. The van der Waals surface area contributed by atoms with Crippen molar-refractivity contribution in [1.82, 2.24) is 4.72 Å². The molecule has 0 aliphatic heterocycles. The number of carbonyl (C=O) groups excluding carboxylic acids is 1. The van der Waals surface area contributed by atoms with Crippen LogP contribution in [0.1, 0.15) is 76.3 Å². The lowest BCUT2D eigenvalue weighted by Crippen LogP contribution is -2.42. The third-order valence-electron chi connectivity index (χ3n) is 5.72. The minimum Gasteiger partial charge on any atom is -0.456 e. The second kappa shape index (κ2) is 11.5. The number of ether oxygens (including phenoxy) is 1. The molecule has 7 heteroatoms. The fourth-order valence-corrected chi connectivity index (χ4v) is 5.20. The molecule has 2 rings (SSSR count). The average Bonchev–Trinajstić information content (AvgIpc) is 2.71. The van der Waals surface area contributed by atoms with Crippen LogP contribution in [0.5, 0.6) is 0 Å². The fourth-order valence-electron chi connectivity index (χ4n) is 3.95. The van der Waals surface area contributed by atoms with Crippen molar-refractivity contribution in [2.24, 2.45) is 5.92 Å². The highest BCUT2D eigenvalue weighted by atomic mass is 32.2. The second-order valence-electron chi connectivity index (χ2n) is 10.3. The zero-order valence-corrected chi connectivity index (χ0v) is 22.2. The number of sulfonamides is 1. The molecule has 0 aliphatic rings. The van der Waals surface area contributed by atoms with E-state index in [1.54, 1.807) is 24.3 Å². The lowest BCUT2D eigenvalue weighted by molar-refractivity contribution is -0.148. The van der Waals surface area contributed by atoms with Gasteiger partial charge in [0.25, 0.3) is 0 Å². The molecule has 0 spiro atoms. The molecule has 6 nitrogen and oxygen atoms in total. The lowest BCUT2D eigenvalue weighted by Gasteiger charge is -2.31. The Balaban J connectivity index is 2.59. The number of aryl methyl sites for hydroxylation is 1. The van der Waals surface area contributed by atoms with Crippen molar-refractivity contribution in [2.75, 3.05) is 6.61 Å². The van der Waals surface area contributed by atoms with Crippen LogP contribution >= 0.6 is 0 Å². The van der Waals surface area contributed by atoms with Gasteiger partial charge in [0, 0.05) is 13.5 Å². The molecule has 2 aromatic rings. The minimum absolute atomic E-state index is 0.0721. The van der Waals surface area contributed by atoms with Crippen molar-refractivity contribution in [1.29, 1.82) is 0 Å². The van der Waals surface area contributed by atoms with Crippen LogP contribution in [0.15, 0.2) is 47.4 Å². The van der Waals surface area contributed by atoms with Crippen molar-refractivity contribution in [2.45, 2.75) is 83.8 Å². The van der Waals surface area contributed by atoms with E-state index < -0.39 is 28.1 Å². The van der Waals surface area contributed by atoms with Crippen molar-refractivity contribution >= 4 is 16.0 Å². The number of hydrogen-bond donors (Lipinski definition) is 2. The maximum atomic E-state index is 13.3. The van der Waals surface area contributed by atoms with Crippen LogP contribution in [0.3, 0.4) is 0 Å². The number of hydrogen-bond acceptors (Lipinski definition) is 5. The molecule has 0 saturated carbocycles. The molecule has 0 bridgehead atoms. The van der Waals surface area contributed by atoms with Crippen LogP contribution in [-0.2, 0) is 31.4 Å². The van der Waals surface area contributed by atoms with E-state index in [0.717, 1.165) is 16.7 Å². The smallest absolute Gasteiger partial charge is 0.303 e. The molecule has 2 N–H and O–H groups in total. The molecule has 0 heterocycles. The molecule has 0 radical (unpaired) electrons. The van der Waals surface area contributed by atoms with Crippen LogP contribution in [0, 0.1) is 12.8 Å². The number of aliphatic hydroxyl groups excluding tert-OH is 1. The normalized spacial score (nSPS) is 14.1. The van der Waals surface area contributed by atoms with E-state index >= 15 is 0 Å². The van der Waals surface area contributed by atoms with Crippen LogP contribution in [0.2, 0.25) is 0 Å². The highest BCUT2D eigenvalue weighted by molar-refractivity contribution is 7.89. The largest absolute Gasteiger partial charge is 0.456 e. The van der Waals surface area contributed by atoms with Gasteiger partial charge in [-0.15, -0.1) is 0 Å². The van der Waals surface area contributed by atoms with E-state index in [4.69, 9.17) is 4.74 Å². The summed E-state index contributed by atoms with van der Waals surface area (Å²) in [6.07, 6.45) is -0.00523. The molecule has 0 amide bonds. The van der Waals surface area contributed by atoms with Crippen molar-refractivity contribution < 1.29 is 23.1 Å². The predicted octanol–water partition coefficient (Wildman–Crippen LogP) is 4.82. The summed E-state index contributed by atoms with van der Waals surface area (Å²) in [6.45, 7) is 13.4. The van der Waals surface area contributed by atoms with Gasteiger partial charge in [-0.05, 0) is 59.9 Å². The summed E-state index contributed by atoms with van der Waals surface area (Å²) in [5.74, 6) is -0.359. The Bertz CT molecular complexity index is 1070. The predicted molar refractivity (Wildman–Crippen MR) is 135 cm³/mol. The summed E-state index contributed by atoms with van der Waals surface area (Å²) in [6, 6.07) is 11.8. The summed E-state index contributed by atoms with van der Waals surface area (Å²) >= 11 is 0. The molecule has 0 aromatic heterocycles. The van der Waals surface area contributed by atoms with E-state index in [1.807, 2.05) is 39.0 Å². The molecule has 2 atom stereocenters. The summed E-state index contributed by atoms with van der Waals surface area (Å²) in [5, 5.41) is 9.72. The van der Waals surface area contributed by atoms with Gasteiger partial charge in [0.05, 0.1) is 10.9 Å². The Morgan fingerprint density at radius 2 is 1.71 bits per heavy atom. The Morgan fingerprint density at radius 3 is 2.21 bits per heavy atom. The Morgan fingerprint density at radius 1 is 1.09 bits per heavy atom. The number of rotatable bonds is 10. The number of benzene rings is 2. The molecule has 34 heavy (non-hydrogen) atoms. The van der Waals surface area contributed by atoms with Gasteiger partial charge in [0.15, 0.2) is 0 Å². The molecule has 0 fully saturated rings. The zero-order chi connectivity index (χ0) is 25.7. The Kier molecular flexibility index (Phi) is 9.45. The van der Waals surface area contributed by atoms with E-state index in [0.29, 0.717) is 18.4 Å². The molecular weight excluding hydrogens is 450 g/mol. The molecule has 0 saturated heterocycles. The summed E-state index contributed by atoms with van der Waals surface area (Å²) in [7, 11) is -3.86. The van der Waals surface area contributed by atoms with E-state index in [1.165, 1.54) is 6.92 Å². The first-order valence-corrected chi connectivity index (χ1v) is 13.2. The maximum absolute atomic E-state index is 13.3. The van der Waals surface area contributed by atoms with Gasteiger partial charge in [0.1, 0.15) is 6.10 Å². The van der Waals surface area contributed by atoms with Crippen molar-refractivity contribution in [3.63, 3.8) is 0 Å². The first-order valence-electron chi connectivity index (χ1n) is 11.7. The molecule has 0 aliphatic carbocycles. The van der Waals surface area contributed by atoms with Gasteiger partial charge in [-0.3, -0.25) is 4.79 Å². The van der Waals surface area contributed by atoms with Crippen LogP contribution in [-0.4, -0.2) is 32.1 Å². The van der Waals surface area contributed by atoms with Crippen molar-refractivity contribution in [3.8, 4) is 0 Å². The number of nitrogens with one attached hydrogen (secondary N) is 1. The van der Waals surface area contributed by atoms with E-state index in [-0.39, 0.29) is 22.8 Å². The fraction of sp³-hybridized carbons (Fsp3) is 0.519. The molecular formula is C27H39NO5S. The van der Waals surface area contributed by atoms with Gasteiger partial charge in [-0.2, -0.15) is 0 Å². The lowest BCUT2D eigenvalue weighted by atomic mass is 9.83. The third kappa shape index (κ3) is 7.65. The van der Waals surface area contributed by atoms with Crippen LogP contribution in [0.4, 0.5) is 0 Å². The van der Waals surface area contributed by atoms with Gasteiger partial charge in [-0.25, -0.2) is 13.1 Å². The van der Waals surface area contributed by atoms with Crippen molar-refractivity contribution in [3.05, 3.63) is 64.7 Å². The highest BCUT2D eigenvalue weighted by Crippen LogP contribution is 2.33. The standard InChI is InChI=1S/C27H39NO5S/c1-18(2)16-25(28-34(31,32)23-11-8-19(3)9-12-23)26(33-20(4)30)24-13-10-22(27(5,6)7)17-21(24)14-15-29/h8-13,17-18,25-26,28-29H,14-16H2,1-7H3/t25-,26?/m1/s1. The maximum Gasteiger partial charge on any atom is 0.303 e. The summed E-state index contributed by atoms with van der Waals surface area (Å²) < 4.78 is 35.1. The second-order valence-corrected chi connectivity index (χ2v) is 12.1. The van der Waals surface area contributed by atoms with E-state index in [2.05, 4.69) is 25.5 Å². The third-order valence-corrected chi connectivity index (χ3v) is 7.22. The molecule has 2 aromatic carbocycles. The molecule has 188 valence electrons. The van der Waals surface area contributed by atoms with Gasteiger partial charge in [0.2, 0.25) is 10.0 Å². The SMILES string of the molecule is CC(=O)OC(c1ccc(C(C)(C)C)cc1CCO)[C@@H](CC(C)C)NS(=O)(=O)c1ccc(C)cc1. The summed E-state index contributed by atoms with van der Waals surface area (Å²) in [5.41, 5.74) is 3.48. The quantitative estimate of drug-likeness (QED) is 0.467. The van der Waals surface area contributed by atoms with Crippen LogP contribution < -0.4 is 4.72 Å². The van der Waals surface area contributed by atoms with Gasteiger partial charge >= 0.3 is 5.97 Å². The minimum atomic E-state index is -3.86. The Hall–Kier alpha value is -2.22. The van der Waals surface area contributed by atoms with Gasteiger partial charge in [-0.1, -0.05) is 70.5 Å². The average molecular weight is 490 g/mol. The topological polar surface area (TPSA) is 92.7 Å². The number of carbonyl (C=O) groups is 1. The Labute approximate surface area is 204 Å². The van der Waals surface area contributed by atoms with Gasteiger partial charge < -0.3 is 9.84 Å². The highest BCUT2D eigenvalue weighted by Gasteiger charge is 2.33. The van der Waals surface area contributed by atoms with E-state index in [9.17, 15) is 18.3 Å². The number of aliphatic hydroxyl groups is 1. The first kappa shape index (κ1) is 28.0. The van der Waals surface area contributed by atoms with Crippen LogP contribution in [0.25, 0.3) is 0 Å². The zero-order valence-electron chi connectivity index (χ0n) is 21.4. The first-order chi connectivity index (χ1) is 15.7. The molecule has 1 unspecified atom stereocenters. The number of esters is 1. The summed E-state index contributed by atoms with van der Waals surface area (Å²) in [4.78, 5) is 12.3.